The monoisotopic (exact) mass is 183 g/mol. The molecule has 0 atom stereocenters. The van der Waals surface area contributed by atoms with Crippen molar-refractivity contribution >= 4 is 17.4 Å². The highest BCUT2D eigenvalue weighted by atomic mass is 35.5. The van der Waals surface area contributed by atoms with E-state index < -0.39 is 0 Å². The number of hydrogen-bond acceptors (Lipinski definition) is 2. The van der Waals surface area contributed by atoms with E-state index in [1.165, 1.54) is 0 Å². The first kappa shape index (κ1) is 9.00. The van der Waals surface area contributed by atoms with Crippen molar-refractivity contribution in [2.24, 2.45) is 10.7 Å². The van der Waals surface area contributed by atoms with Gasteiger partial charge < -0.3 is 5.73 Å². The number of rotatable bonds is 2. The summed E-state index contributed by atoms with van der Waals surface area (Å²) in [4.78, 5) is 8.02. The second kappa shape index (κ2) is 4.07. The minimum absolute atomic E-state index is 0.453. The second-order valence-electron chi connectivity index (χ2n) is 2.22. The first-order valence-corrected chi connectivity index (χ1v) is 4.03. The van der Waals surface area contributed by atoms with E-state index in [4.69, 9.17) is 17.3 Å². The van der Waals surface area contributed by atoms with Crippen LogP contribution in [0.1, 0.15) is 12.6 Å². The van der Waals surface area contributed by atoms with Crippen molar-refractivity contribution in [2.75, 3.05) is 6.54 Å². The zero-order valence-corrected chi connectivity index (χ0v) is 7.54. The van der Waals surface area contributed by atoms with Crippen molar-refractivity contribution in [2.45, 2.75) is 6.92 Å². The summed E-state index contributed by atoms with van der Waals surface area (Å²) >= 11 is 5.65. The van der Waals surface area contributed by atoms with Crippen LogP contribution in [-0.4, -0.2) is 17.4 Å². The molecule has 0 aliphatic heterocycles. The molecule has 0 fully saturated rings. The molecule has 1 aromatic rings. The Morgan fingerprint density at radius 1 is 1.67 bits per heavy atom. The Bertz CT molecular complexity index is 279. The molecule has 0 unspecified atom stereocenters. The van der Waals surface area contributed by atoms with Gasteiger partial charge in [-0.05, 0) is 19.1 Å². The summed E-state index contributed by atoms with van der Waals surface area (Å²) < 4.78 is 0. The third kappa shape index (κ3) is 2.20. The summed E-state index contributed by atoms with van der Waals surface area (Å²) in [6.07, 6.45) is 1.55. The maximum absolute atomic E-state index is 5.65. The molecule has 0 aliphatic rings. The minimum atomic E-state index is 0.453. The highest BCUT2D eigenvalue weighted by molar-refractivity contribution is 6.30. The van der Waals surface area contributed by atoms with Crippen LogP contribution < -0.4 is 5.73 Å². The van der Waals surface area contributed by atoms with Gasteiger partial charge in [0, 0.05) is 12.7 Å². The lowest BCUT2D eigenvalue weighted by Gasteiger charge is -1.97. The molecule has 2 N–H and O–H groups in total. The molecule has 0 amide bonds. The molecule has 1 aromatic heterocycles. The standard InChI is InChI=1S/C8H10ClN3/c1-2-11-8(10)7-4-3-6(9)5-12-7/h3-5H,2H2,1H3,(H2,10,11). The van der Waals surface area contributed by atoms with Crippen LogP contribution in [-0.2, 0) is 0 Å². The van der Waals surface area contributed by atoms with Crippen molar-refractivity contribution in [3.8, 4) is 0 Å². The Labute approximate surface area is 76.3 Å². The third-order valence-corrected chi connectivity index (χ3v) is 1.54. The van der Waals surface area contributed by atoms with Gasteiger partial charge in [-0.3, -0.25) is 9.98 Å². The van der Waals surface area contributed by atoms with Crippen LogP contribution in [0.4, 0.5) is 0 Å². The molecular formula is C8H10ClN3. The third-order valence-electron chi connectivity index (χ3n) is 1.32. The summed E-state index contributed by atoms with van der Waals surface area (Å²) in [6, 6.07) is 3.48. The van der Waals surface area contributed by atoms with Crippen molar-refractivity contribution in [3.05, 3.63) is 29.0 Å². The first-order valence-electron chi connectivity index (χ1n) is 3.66. The Kier molecular flexibility index (Phi) is 3.05. The number of nitrogens with zero attached hydrogens (tertiary/aromatic N) is 2. The number of pyridine rings is 1. The van der Waals surface area contributed by atoms with Crippen LogP contribution in [0.15, 0.2) is 23.3 Å². The predicted octanol–water partition coefficient (Wildman–Crippen LogP) is 1.46. The van der Waals surface area contributed by atoms with Crippen molar-refractivity contribution in [1.29, 1.82) is 0 Å². The quantitative estimate of drug-likeness (QED) is 0.558. The van der Waals surface area contributed by atoms with Crippen LogP contribution in [0.5, 0.6) is 0 Å². The minimum Gasteiger partial charge on any atom is -0.382 e. The van der Waals surface area contributed by atoms with Gasteiger partial charge in [0.05, 0.1) is 5.02 Å². The summed E-state index contributed by atoms with van der Waals surface area (Å²) in [7, 11) is 0. The molecule has 0 saturated carbocycles. The molecular weight excluding hydrogens is 174 g/mol. The molecule has 3 nitrogen and oxygen atoms in total. The van der Waals surface area contributed by atoms with Crippen molar-refractivity contribution < 1.29 is 0 Å². The fourth-order valence-electron chi connectivity index (χ4n) is 0.779. The Morgan fingerprint density at radius 3 is 2.92 bits per heavy atom. The molecule has 4 heteroatoms. The molecule has 0 spiro atoms. The van der Waals surface area contributed by atoms with Gasteiger partial charge in [0.15, 0.2) is 0 Å². The van der Waals surface area contributed by atoms with E-state index in [-0.39, 0.29) is 0 Å². The zero-order valence-electron chi connectivity index (χ0n) is 6.79. The van der Waals surface area contributed by atoms with Gasteiger partial charge in [0.2, 0.25) is 0 Å². The molecule has 0 aromatic carbocycles. The van der Waals surface area contributed by atoms with E-state index in [1.54, 1.807) is 18.3 Å². The average Bonchev–Trinajstić information content (AvgIpc) is 2.06. The molecule has 0 saturated heterocycles. The molecule has 0 radical (unpaired) electrons. The van der Waals surface area contributed by atoms with Crippen LogP contribution >= 0.6 is 11.6 Å². The number of nitrogens with two attached hydrogens (primary N) is 1. The largest absolute Gasteiger partial charge is 0.382 e. The second-order valence-corrected chi connectivity index (χ2v) is 2.66. The Balaban J connectivity index is 2.89. The fourth-order valence-corrected chi connectivity index (χ4v) is 0.890. The SMILES string of the molecule is CCN=C(N)c1ccc(Cl)cn1. The van der Waals surface area contributed by atoms with Crippen LogP contribution in [0.2, 0.25) is 5.02 Å². The lowest BCUT2D eigenvalue weighted by molar-refractivity contribution is 1.11. The summed E-state index contributed by atoms with van der Waals surface area (Å²) in [6.45, 7) is 2.58. The number of aromatic nitrogens is 1. The Morgan fingerprint density at radius 2 is 2.42 bits per heavy atom. The molecule has 64 valence electrons. The van der Waals surface area contributed by atoms with Crippen molar-refractivity contribution in [1.82, 2.24) is 4.98 Å². The average molecular weight is 184 g/mol. The number of halogens is 1. The molecule has 1 rings (SSSR count). The number of aliphatic imine (C=N–C) groups is 1. The smallest absolute Gasteiger partial charge is 0.144 e. The highest BCUT2D eigenvalue weighted by Gasteiger charge is 1.97. The number of amidine groups is 1. The van der Waals surface area contributed by atoms with Crippen LogP contribution in [0.25, 0.3) is 0 Å². The van der Waals surface area contributed by atoms with E-state index in [1.807, 2.05) is 6.92 Å². The zero-order chi connectivity index (χ0) is 8.97. The maximum atomic E-state index is 5.65. The molecule has 12 heavy (non-hydrogen) atoms. The molecule has 0 aliphatic carbocycles. The Hall–Kier alpha value is -1.09. The summed E-state index contributed by atoms with van der Waals surface area (Å²) in [5.74, 6) is 0.453. The van der Waals surface area contributed by atoms with Gasteiger partial charge in [0.1, 0.15) is 11.5 Å². The van der Waals surface area contributed by atoms with E-state index in [9.17, 15) is 0 Å². The van der Waals surface area contributed by atoms with Crippen molar-refractivity contribution in [3.63, 3.8) is 0 Å². The molecule has 1 heterocycles. The lowest BCUT2D eigenvalue weighted by atomic mass is 10.3. The van der Waals surface area contributed by atoms with Crippen LogP contribution in [0.3, 0.4) is 0 Å². The highest BCUT2D eigenvalue weighted by Crippen LogP contribution is 2.05. The number of hydrogen-bond donors (Lipinski definition) is 1. The van der Waals surface area contributed by atoms with Gasteiger partial charge in [-0.2, -0.15) is 0 Å². The summed E-state index contributed by atoms with van der Waals surface area (Å²) in [5.41, 5.74) is 6.27. The van der Waals surface area contributed by atoms with Gasteiger partial charge >= 0.3 is 0 Å². The topological polar surface area (TPSA) is 51.3 Å². The van der Waals surface area contributed by atoms with Gasteiger partial charge in [0.25, 0.3) is 0 Å². The fraction of sp³-hybridized carbons (Fsp3) is 0.250. The predicted molar refractivity (Wildman–Crippen MR) is 50.5 cm³/mol. The lowest BCUT2D eigenvalue weighted by Crippen LogP contribution is -2.15. The van der Waals surface area contributed by atoms with Gasteiger partial charge in [-0.1, -0.05) is 11.6 Å². The van der Waals surface area contributed by atoms with Gasteiger partial charge in [-0.25, -0.2) is 0 Å². The van der Waals surface area contributed by atoms with Crippen LogP contribution in [0, 0.1) is 0 Å². The first-order chi connectivity index (χ1) is 5.74. The molecule has 0 bridgehead atoms. The van der Waals surface area contributed by atoms with Gasteiger partial charge in [-0.15, -0.1) is 0 Å². The maximum Gasteiger partial charge on any atom is 0.144 e. The van der Waals surface area contributed by atoms with E-state index >= 15 is 0 Å². The normalized spacial score (nSPS) is 11.7. The van der Waals surface area contributed by atoms with E-state index in [2.05, 4.69) is 9.98 Å². The van der Waals surface area contributed by atoms with E-state index in [0.717, 1.165) is 0 Å². The summed E-state index contributed by atoms with van der Waals surface area (Å²) in [5, 5.41) is 0.600. The van der Waals surface area contributed by atoms with E-state index in [0.29, 0.717) is 23.1 Å².